The minimum atomic E-state index is -1.70. The maximum Gasteiger partial charge on any atom is 0.339 e. The van der Waals surface area contributed by atoms with Gasteiger partial charge in [0.05, 0.1) is 18.3 Å². The number of phenolic OH excluding ortho intramolecular Hbond substituents is 2. The van der Waals surface area contributed by atoms with Crippen LogP contribution in [0, 0.1) is 6.92 Å². The Balaban J connectivity index is 1.96. The topological polar surface area (TPSA) is 278 Å². The van der Waals surface area contributed by atoms with E-state index < -0.39 is 96.6 Å². The van der Waals surface area contributed by atoms with E-state index in [4.69, 9.17) is 10.5 Å². The molecule has 10 N–H and O–H groups in total. The Morgan fingerprint density at radius 1 is 1.20 bits per heavy atom. The molecule has 0 bridgehead atoms. The molecule has 2 heterocycles. The Kier molecular flexibility index (Phi) is 11.4. The van der Waals surface area contributed by atoms with Crippen molar-refractivity contribution in [3.63, 3.8) is 0 Å². The van der Waals surface area contributed by atoms with Crippen LogP contribution in [0.2, 0.25) is 0 Å². The molecule has 2 aliphatic heterocycles. The summed E-state index contributed by atoms with van der Waals surface area (Å²) in [6, 6.07) is -6.26. The fourth-order valence-corrected chi connectivity index (χ4v) is 5.73. The maximum atomic E-state index is 13.4. The Bertz CT molecular complexity index is 1330. The van der Waals surface area contributed by atoms with E-state index in [1.807, 2.05) is 0 Å². The number of carbonyl (C=O) groups is 6. The van der Waals surface area contributed by atoms with E-state index in [0.717, 1.165) is 22.7 Å². The predicted octanol–water partition coefficient (Wildman–Crippen LogP) is -3.35. The van der Waals surface area contributed by atoms with Crippen molar-refractivity contribution >= 4 is 47.3 Å². The first-order chi connectivity index (χ1) is 20.7. The molecule has 0 aromatic heterocycles. The normalized spacial score (nSPS) is 24.0. The monoisotopic (exact) mass is 641 g/mol. The number of rotatable bonds is 7. The summed E-state index contributed by atoms with van der Waals surface area (Å²) in [6.45, 7) is 0.965. The fourth-order valence-electron chi connectivity index (χ4n) is 4.64. The summed E-state index contributed by atoms with van der Waals surface area (Å²) in [6.07, 6.45) is -1.38. The first-order valence-electron chi connectivity index (χ1n) is 13.5. The molecule has 0 saturated carbocycles. The molecule has 0 unspecified atom stereocenters. The van der Waals surface area contributed by atoms with Crippen LogP contribution in [0.1, 0.15) is 34.8 Å². The summed E-state index contributed by atoms with van der Waals surface area (Å²) in [7, 11) is 0. The molecule has 44 heavy (non-hydrogen) atoms. The quantitative estimate of drug-likeness (QED) is 0.132. The number of carboxylic acids is 1. The molecule has 0 radical (unpaired) electrons. The van der Waals surface area contributed by atoms with Crippen LogP contribution >= 0.6 is 11.8 Å². The van der Waals surface area contributed by atoms with Crippen molar-refractivity contribution in [3.05, 3.63) is 22.8 Å². The van der Waals surface area contributed by atoms with Crippen LogP contribution in [-0.4, -0.2) is 128 Å². The summed E-state index contributed by atoms with van der Waals surface area (Å²) in [4.78, 5) is 77.7. The first-order valence-corrected chi connectivity index (χ1v) is 14.6. The van der Waals surface area contributed by atoms with Crippen LogP contribution in [0.25, 0.3) is 0 Å². The number of esters is 1. The highest BCUT2D eigenvalue weighted by atomic mass is 32.2. The van der Waals surface area contributed by atoms with Gasteiger partial charge >= 0.3 is 11.9 Å². The highest BCUT2D eigenvalue weighted by Gasteiger charge is 2.43. The lowest BCUT2D eigenvalue weighted by Crippen LogP contribution is -2.61. The van der Waals surface area contributed by atoms with E-state index in [-0.39, 0.29) is 41.2 Å². The number of aromatic hydroxyl groups is 2. The summed E-state index contributed by atoms with van der Waals surface area (Å²) >= 11 is 0.990. The SMILES string of the molecule is Cc1c(O)cc(O)c2c1C(=O)OC[C@@H](NC(=O)[C@@H]1[C@@H](O)CCN1C(=O)[C@@H](N)CO)C(=O)N[C@H](C(=O)N[C@@H](C)C(=O)O)CSC2. The van der Waals surface area contributed by atoms with E-state index in [1.54, 1.807) is 0 Å². The average molecular weight is 642 g/mol. The molecule has 0 aliphatic carbocycles. The average Bonchev–Trinajstić information content (AvgIpc) is 3.36. The van der Waals surface area contributed by atoms with E-state index >= 15 is 0 Å². The fraction of sp³-hybridized carbons (Fsp3) is 0.538. The Labute approximate surface area is 255 Å². The number of aliphatic hydroxyl groups excluding tert-OH is 2. The smallest absolute Gasteiger partial charge is 0.339 e. The number of aliphatic carboxylic acids is 1. The number of fused-ring (bicyclic) bond motifs is 1. The molecule has 0 spiro atoms. The van der Waals surface area contributed by atoms with Gasteiger partial charge in [0.2, 0.25) is 23.6 Å². The summed E-state index contributed by atoms with van der Waals surface area (Å²) in [5.74, 6) is -7.27. The number of amides is 4. The van der Waals surface area contributed by atoms with Gasteiger partial charge in [0.15, 0.2) is 0 Å². The number of hydrogen-bond donors (Lipinski definition) is 9. The number of aliphatic hydroxyl groups is 2. The van der Waals surface area contributed by atoms with Crippen molar-refractivity contribution < 1.29 is 59.0 Å². The highest BCUT2D eigenvalue weighted by Crippen LogP contribution is 2.35. The number of phenols is 2. The molecule has 1 aromatic carbocycles. The lowest BCUT2D eigenvalue weighted by molar-refractivity contribution is -0.143. The van der Waals surface area contributed by atoms with Crippen molar-refractivity contribution in [2.75, 3.05) is 25.5 Å². The molecule has 17 nitrogen and oxygen atoms in total. The summed E-state index contributed by atoms with van der Waals surface area (Å²) in [5, 5.41) is 56.6. The molecule has 18 heteroatoms. The minimum Gasteiger partial charge on any atom is -0.508 e. The van der Waals surface area contributed by atoms with Crippen molar-refractivity contribution in [2.45, 2.75) is 62.3 Å². The number of nitrogens with one attached hydrogen (secondary N) is 3. The van der Waals surface area contributed by atoms with Crippen LogP contribution in [0.5, 0.6) is 11.5 Å². The van der Waals surface area contributed by atoms with Crippen molar-refractivity contribution in [2.24, 2.45) is 5.73 Å². The maximum absolute atomic E-state index is 13.4. The van der Waals surface area contributed by atoms with Gasteiger partial charge in [0, 0.05) is 35.2 Å². The Hall–Kier alpha value is -4.13. The van der Waals surface area contributed by atoms with Crippen molar-refractivity contribution in [1.29, 1.82) is 0 Å². The predicted molar refractivity (Wildman–Crippen MR) is 151 cm³/mol. The van der Waals surface area contributed by atoms with Gasteiger partial charge < -0.3 is 56.9 Å². The van der Waals surface area contributed by atoms with Gasteiger partial charge in [0.1, 0.15) is 48.3 Å². The van der Waals surface area contributed by atoms with E-state index in [2.05, 4.69) is 16.0 Å². The largest absolute Gasteiger partial charge is 0.508 e. The number of benzene rings is 1. The van der Waals surface area contributed by atoms with E-state index in [9.17, 15) is 54.3 Å². The molecule has 2 aliphatic rings. The van der Waals surface area contributed by atoms with E-state index in [0.29, 0.717) is 0 Å². The van der Waals surface area contributed by atoms with Crippen LogP contribution in [-0.2, 0) is 34.5 Å². The van der Waals surface area contributed by atoms with Crippen LogP contribution in [0.4, 0.5) is 0 Å². The Morgan fingerprint density at radius 3 is 2.52 bits per heavy atom. The molecule has 1 fully saturated rings. The number of carboxylic acid groups (broad SMARTS) is 1. The van der Waals surface area contributed by atoms with E-state index in [1.165, 1.54) is 13.8 Å². The van der Waals surface area contributed by atoms with Gasteiger partial charge in [-0.1, -0.05) is 0 Å². The van der Waals surface area contributed by atoms with Crippen LogP contribution in [0.3, 0.4) is 0 Å². The Morgan fingerprint density at radius 2 is 1.89 bits per heavy atom. The molecule has 1 aromatic rings. The number of nitrogens with two attached hydrogens (primary N) is 1. The summed E-state index contributed by atoms with van der Waals surface area (Å²) in [5.41, 5.74) is 5.51. The first kappa shape index (κ1) is 34.4. The molecule has 242 valence electrons. The zero-order valence-electron chi connectivity index (χ0n) is 23.8. The second-order valence-electron chi connectivity index (χ2n) is 10.3. The molecule has 1 saturated heterocycles. The molecular weight excluding hydrogens is 606 g/mol. The lowest BCUT2D eigenvalue weighted by atomic mass is 10.0. The number of nitrogens with zero attached hydrogens (tertiary/aromatic N) is 1. The number of cyclic esters (lactones) is 1. The highest BCUT2D eigenvalue weighted by molar-refractivity contribution is 7.98. The molecule has 3 rings (SSSR count). The number of likely N-dealkylation sites (tertiary alicyclic amines) is 1. The zero-order chi connectivity index (χ0) is 32.9. The standard InChI is InChI=1S/C26H35N5O12S/c1-10-17(34)5-18(35)12-8-44-9-15(22(37)28-11(2)25(40)41)30-21(36)14(7-43-26(42)19(10)12)29-23(38)20-16(33)3-4-31(20)24(39)13(27)6-32/h5,11,13-16,20,32-35H,3-4,6-9,27H2,1-2H3,(H,28,37)(H,29,38)(H,30,36)(H,40,41)/t11-,13-,14+,15-,16-,20-/m0/s1. The molecule has 4 amide bonds. The van der Waals surface area contributed by atoms with Gasteiger partial charge in [-0.25, -0.2) is 4.79 Å². The zero-order valence-corrected chi connectivity index (χ0v) is 24.6. The minimum absolute atomic E-state index is 0.0158. The van der Waals surface area contributed by atoms with Crippen molar-refractivity contribution in [1.82, 2.24) is 20.9 Å². The second-order valence-corrected chi connectivity index (χ2v) is 11.3. The third kappa shape index (κ3) is 7.68. The van der Waals surface area contributed by atoms with Gasteiger partial charge in [0.25, 0.3) is 0 Å². The van der Waals surface area contributed by atoms with Gasteiger partial charge in [-0.05, 0) is 20.3 Å². The van der Waals surface area contributed by atoms with Gasteiger partial charge in [-0.2, -0.15) is 11.8 Å². The number of hydrogen-bond acceptors (Lipinski definition) is 13. The molecule has 6 atom stereocenters. The second kappa shape index (κ2) is 14.6. The third-order valence-electron chi connectivity index (χ3n) is 7.19. The summed E-state index contributed by atoms with van der Waals surface area (Å²) < 4.78 is 5.31. The lowest BCUT2D eigenvalue weighted by Gasteiger charge is -2.29. The van der Waals surface area contributed by atoms with Gasteiger partial charge in [-0.3, -0.25) is 24.0 Å². The van der Waals surface area contributed by atoms with Crippen LogP contribution in [0.15, 0.2) is 6.07 Å². The van der Waals surface area contributed by atoms with Crippen LogP contribution < -0.4 is 21.7 Å². The van der Waals surface area contributed by atoms with Crippen molar-refractivity contribution in [3.8, 4) is 11.5 Å². The number of carbonyl (C=O) groups excluding carboxylic acids is 5. The molecular formula is C26H35N5O12S. The van der Waals surface area contributed by atoms with Gasteiger partial charge in [-0.15, -0.1) is 0 Å². The number of thioether (sulfide) groups is 1. The number of ether oxygens (including phenoxy) is 1. The third-order valence-corrected chi connectivity index (χ3v) is 8.25.